The Hall–Kier alpha value is -1.46. The molecule has 3 N–H and O–H groups in total. The van der Waals surface area contributed by atoms with Crippen LogP contribution in [0.5, 0.6) is 0 Å². The number of hydrogen-bond acceptors (Lipinski definition) is 4. The highest BCUT2D eigenvalue weighted by Gasteiger charge is 2.10. The van der Waals surface area contributed by atoms with Crippen LogP contribution in [0.3, 0.4) is 0 Å². The van der Waals surface area contributed by atoms with Crippen LogP contribution in [0.4, 0.5) is 10.5 Å². The predicted octanol–water partition coefficient (Wildman–Crippen LogP) is 1.76. The number of halogens is 1. The number of methoxy groups -OCH3 is 1. The Morgan fingerprint density at radius 3 is 2.94 bits per heavy atom. The molecule has 0 aliphatic carbocycles. The maximum atomic E-state index is 11.0. The largest absolute Gasteiger partial charge is 0.453 e. The molecule has 5 nitrogen and oxygen atoms in total. The van der Waals surface area contributed by atoms with Crippen LogP contribution in [-0.2, 0) is 4.74 Å². The summed E-state index contributed by atoms with van der Waals surface area (Å²) in [6.45, 7) is 2.29. The molecule has 1 rings (SSSR count). The third kappa shape index (κ3) is 4.50. The molecule has 1 amide bonds. The van der Waals surface area contributed by atoms with Gasteiger partial charge in [-0.05, 0) is 25.1 Å². The number of ether oxygens (including phenoxy) is 1. The topological polar surface area (TPSA) is 67.6 Å². The van der Waals surface area contributed by atoms with Crippen molar-refractivity contribution in [1.82, 2.24) is 5.32 Å². The minimum Gasteiger partial charge on any atom is -0.453 e. The number of nitrogens with two attached hydrogens (primary N) is 1. The smallest absolute Gasteiger partial charge is 0.407 e. The molecule has 1 atom stereocenters. The number of alkyl carbamates (subject to hydrolysis) is 1. The van der Waals surface area contributed by atoms with E-state index in [-0.39, 0.29) is 6.04 Å². The number of carbonyl (C=O) groups is 1. The predicted molar refractivity (Wildman–Crippen MR) is 68.0 cm³/mol. The van der Waals surface area contributed by atoms with Gasteiger partial charge in [-0.3, -0.25) is 0 Å². The van der Waals surface area contributed by atoms with Crippen molar-refractivity contribution in [2.45, 2.75) is 13.0 Å². The monoisotopic (exact) mass is 257 g/mol. The van der Waals surface area contributed by atoms with Gasteiger partial charge >= 0.3 is 6.09 Å². The highest BCUT2D eigenvalue weighted by Crippen LogP contribution is 2.17. The molecular formula is C11H16ClN3O2. The number of amides is 1. The first-order valence-electron chi connectivity index (χ1n) is 5.15. The van der Waals surface area contributed by atoms with E-state index in [1.807, 2.05) is 19.1 Å². The summed E-state index contributed by atoms with van der Waals surface area (Å²) in [6.07, 6.45) is -0.475. The Bertz CT molecular complexity index is 387. The molecule has 0 saturated heterocycles. The second kappa shape index (κ2) is 6.32. The molecule has 17 heavy (non-hydrogen) atoms. The van der Waals surface area contributed by atoms with Gasteiger partial charge in [-0.25, -0.2) is 10.6 Å². The lowest BCUT2D eigenvalue weighted by molar-refractivity contribution is 0.167. The number of nitrogens with zero attached hydrogens (tertiary/aromatic N) is 1. The van der Waals surface area contributed by atoms with Crippen LogP contribution in [-0.4, -0.2) is 25.8 Å². The summed E-state index contributed by atoms with van der Waals surface area (Å²) >= 11 is 5.86. The molecule has 0 radical (unpaired) electrons. The van der Waals surface area contributed by atoms with Gasteiger partial charge in [-0.15, -0.1) is 0 Å². The van der Waals surface area contributed by atoms with Crippen LogP contribution in [0, 0.1) is 0 Å². The van der Waals surface area contributed by atoms with Gasteiger partial charge in [0.25, 0.3) is 0 Å². The molecule has 0 bridgehead atoms. The summed E-state index contributed by atoms with van der Waals surface area (Å²) in [5.74, 6) is 5.86. The van der Waals surface area contributed by atoms with Crippen LogP contribution in [0.2, 0.25) is 5.02 Å². The summed E-state index contributed by atoms with van der Waals surface area (Å²) in [4.78, 5) is 11.0. The zero-order valence-electron chi connectivity index (χ0n) is 9.81. The molecule has 94 valence electrons. The van der Waals surface area contributed by atoms with Gasteiger partial charge in [0.1, 0.15) is 0 Å². The van der Waals surface area contributed by atoms with Gasteiger partial charge in [0.2, 0.25) is 0 Å². The summed E-state index contributed by atoms with van der Waals surface area (Å²) in [5, 5.41) is 4.77. The number of hydrogen-bond donors (Lipinski definition) is 2. The van der Waals surface area contributed by atoms with Gasteiger partial charge in [0.05, 0.1) is 19.3 Å². The number of anilines is 1. The molecular weight excluding hydrogens is 242 g/mol. The van der Waals surface area contributed by atoms with Crippen molar-refractivity contribution in [2.24, 2.45) is 5.84 Å². The molecule has 0 aliphatic heterocycles. The molecule has 0 aromatic heterocycles. The number of nitrogens with one attached hydrogen (secondary N) is 1. The number of benzene rings is 1. The maximum absolute atomic E-state index is 11.0. The average Bonchev–Trinajstić information content (AvgIpc) is 2.28. The molecule has 0 aliphatic rings. The molecule has 1 aromatic carbocycles. The normalized spacial score (nSPS) is 11.8. The van der Waals surface area contributed by atoms with Crippen LogP contribution >= 0.6 is 11.6 Å². The molecule has 1 aromatic rings. The lowest BCUT2D eigenvalue weighted by atomic mass is 10.2. The average molecular weight is 258 g/mol. The Balaban J connectivity index is 2.54. The fourth-order valence-corrected chi connectivity index (χ4v) is 1.55. The minimum absolute atomic E-state index is 0.133. The summed E-state index contributed by atoms with van der Waals surface area (Å²) < 4.78 is 4.50. The Morgan fingerprint density at radius 1 is 1.65 bits per heavy atom. The Labute approximate surface area is 105 Å². The first-order valence-corrected chi connectivity index (χ1v) is 5.53. The van der Waals surface area contributed by atoms with Gasteiger partial charge in [-0.2, -0.15) is 0 Å². The fourth-order valence-electron chi connectivity index (χ4n) is 1.36. The van der Waals surface area contributed by atoms with Crippen molar-refractivity contribution in [2.75, 3.05) is 18.7 Å². The van der Waals surface area contributed by atoms with E-state index >= 15 is 0 Å². The maximum Gasteiger partial charge on any atom is 0.407 e. The first-order chi connectivity index (χ1) is 8.02. The lowest BCUT2D eigenvalue weighted by Gasteiger charge is -2.23. The van der Waals surface area contributed by atoms with Crippen molar-refractivity contribution in [3.63, 3.8) is 0 Å². The number of hydrazine groups is 1. The van der Waals surface area contributed by atoms with Gasteiger partial charge in [0.15, 0.2) is 0 Å². The minimum atomic E-state index is -0.475. The second-order valence-corrected chi connectivity index (χ2v) is 4.11. The van der Waals surface area contributed by atoms with Crippen LogP contribution < -0.4 is 16.2 Å². The lowest BCUT2D eigenvalue weighted by Crippen LogP contribution is -2.45. The molecule has 0 spiro atoms. The van der Waals surface area contributed by atoms with E-state index in [1.54, 1.807) is 12.1 Å². The Kier molecular flexibility index (Phi) is 5.06. The Morgan fingerprint density at radius 2 is 2.35 bits per heavy atom. The molecule has 1 unspecified atom stereocenters. The van der Waals surface area contributed by atoms with Crippen molar-refractivity contribution >= 4 is 23.4 Å². The summed E-state index contributed by atoms with van der Waals surface area (Å²) in [6, 6.07) is 7.06. The van der Waals surface area contributed by atoms with Crippen molar-refractivity contribution < 1.29 is 9.53 Å². The van der Waals surface area contributed by atoms with E-state index in [0.717, 1.165) is 5.69 Å². The third-order valence-corrected chi connectivity index (χ3v) is 2.40. The zero-order chi connectivity index (χ0) is 12.8. The van der Waals surface area contributed by atoms with E-state index < -0.39 is 6.09 Å². The van der Waals surface area contributed by atoms with E-state index in [1.165, 1.54) is 12.1 Å². The fraction of sp³-hybridized carbons (Fsp3) is 0.364. The number of rotatable bonds is 4. The molecule has 0 saturated carbocycles. The molecule has 0 heterocycles. The quantitative estimate of drug-likeness (QED) is 0.637. The van der Waals surface area contributed by atoms with Crippen molar-refractivity contribution in [1.29, 1.82) is 0 Å². The number of carbonyl (C=O) groups excluding carboxylic acids is 1. The van der Waals surface area contributed by atoms with E-state index in [0.29, 0.717) is 11.6 Å². The van der Waals surface area contributed by atoms with Gasteiger partial charge in [-0.1, -0.05) is 17.7 Å². The van der Waals surface area contributed by atoms with Crippen molar-refractivity contribution in [3.8, 4) is 0 Å². The SMILES string of the molecule is COC(=O)NC(C)CN(N)c1cccc(Cl)c1. The van der Waals surface area contributed by atoms with E-state index in [9.17, 15) is 4.79 Å². The highest BCUT2D eigenvalue weighted by atomic mass is 35.5. The van der Waals surface area contributed by atoms with Crippen LogP contribution in [0.15, 0.2) is 24.3 Å². The summed E-state index contributed by atoms with van der Waals surface area (Å²) in [7, 11) is 1.32. The van der Waals surface area contributed by atoms with E-state index in [4.69, 9.17) is 17.4 Å². The third-order valence-electron chi connectivity index (χ3n) is 2.16. The zero-order valence-corrected chi connectivity index (χ0v) is 10.6. The molecule has 0 fully saturated rings. The molecule has 6 heteroatoms. The van der Waals surface area contributed by atoms with Crippen LogP contribution in [0.25, 0.3) is 0 Å². The second-order valence-electron chi connectivity index (χ2n) is 3.67. The van der Waals surface area contributed by atoms with Crippen LogP contribution in [0.1, 0.15) is 6.92 Å². The first kappa shape index (κ1) is 13.6. The van der Waals surface area contributed by atoms with Gasteiger partial charge in [0, 0.05) is 11.1 Å². The van der Waals surface area contributed by atoms with Crippen molar-refractivity contribution in [3.05, 3.63) is 29.3 Å². The highest BCUT2D eigenvalue weighted by molar-refractivity contribution is 6.30. The summed E-state index contributed by atoms with van der Waals surface area (Å²) in [5.41, 5.74) is 0.788. The standard InChI is InChI=1S/C11H16ClN3O2/c1-8(14-11(16)17-2)7-15(13)10-5-3-4-9(12)6-10/h3-6,8H,7,13H2,1-2H3,(H,14,16). The van der Waals surface area contributed by atoms with E-state index in [2.05, 4.69) is 10.1 Å². The van der Waals surface area contributed by atoms with Gasteiger partial charge < -0.3 is 15.1 Å².